The second kappa shape index (κ2) is 5.90. The normalized spacial score (nSPS) is 17.3. The van der Waals surface area contributed by atoms with Gasteiger partial charge in [0.15, 0.2) is 16.3 Å². The third kappa shape index (κ3) is 2.65. The summed E-state index contributed by atoms with van der Waals surface area (Å²) < 4.78 is 1.50. The van der Waals surface area contributed by atoms with Gasteiger partial charge in [-0.1, -0.05) is 0 Å². The van der Waals surface area contributed by atoms with Crippen LogP contribution in [0, 0.1) is 0 Å². The van der Waals surface area contributed by atoms with E-state index in [1.54, 1.807) is 11.6 Å². The van der Waals surface area contributed by atoms with E-state index in [0.717, 1.165) is 13.0 Å². The number of rotatable bonds is 3. The molecule has 1 fully saturated rings. The number of carboxylic acid groups (broad SMARTS) is 1. The molecule has 0 radical (unpaired) electrons. The van der Waals surface area contributed by atoms with Crippen LogP contribution in [0.1, 0.15) is 16.8 Å². The van der Waals surface area contributed by atoms with Crippen molar-refractivity contribution in [1.29, 1.82) is 0 Å². The predicted octanol–water partition coefficient (Wildman–Crippen LogP) is 0.473. The van der Waals surface area contributed by atoms with Crippen LogP contribution >= 0.6 is 11.3 Å². The standard InChI is InChI=1S/C15H14N6O3S/c16-8-1-3-20(6-8)10-5-18-11-12(22)9(14(23)24)7-21(13(11)19-10)15-17-2-4-25-15/h2,4-5,7-8H,1,3,6,16H2,(H,23,24)/t8-/m0/s1. The lowest BCUT2D eigenvalue weighted by molar-refractivity contribution is 0.0695. The van der Waals surface area contributed by atoms with Crippen molar-refractivity contribution in [2.24, 2.45) is 5.73 Å². The maximum Gasteiger partial charge on any atom is 0.341 e. The molecule has 0 saturated carbocycles. The molecule has 0 aliphatic carbocycles. The van der Waals surface area contributed by atoms with Gasteiger partial charge in [0.25, 0.3) is 0 Å². The number of carboxylic acids is 1. The second-order valence-corrected chi connectivity index (χ2v) is 6.63. The van der Waals surface area contributed by atoms with Crippen molar-refractivity contribution >= 4 is 34.3 Å². The van der Waals surface area contributed by atoms with E-state index in [2.05, 4.69) is 15.0 Å². The first-order chi connectivity index (χ1) is 12.0. The van der Waals surface area contributed by atoms with Crippen LogP contribution in [0.5, 0.6) is 0 Å². The Hall–Kier alpha value is -2.85. The Balaban J connectivity index is 1.97. The summed E-state index contributed by atoms with van der Waals surface area (Å²) in [5.74, 6) is -0.707. The first-order valence-electron chi connectivity index (χ1n) is 7.60. The number of thiazole rings is 1. The molecule has 0 aromatic carbocycles. The second-order valence-electron chi connectivity index (χ2n) is 5.76. The SMILES string of the molecule is N[C@H]1CCN(c2cnc3c(=O)c(C(=O)O)cn(-c4nccs4)c3n2)C1. The summed E-state index contributed by atoms with van der Waals surface area (Å²) in [5, 5.41) is 11.6. The topological polar surface area (TPSA) is 127 Å². The Bertz CT molecular complexity index is 1020. The minimum atomic E-state index is -1.31. The highest BCUT2D eigenvalue weighted by molar-refractivity contribution is 7.12. The Morgan fingerprint density at radius 1 is 1.40 bits per heavy atom. The molecule has 1 aliphatic heterocycles. The predicted molar refractivity (Wildman–Crippen MR) is 92.6 cm³/mol. The van der Waals surface area contributed by atoms with Crippen molar-refractivity contribution in [2.45, 2.75) is 12.5 Å². The van der Waals surface area contributed by atoms with Gasteiger partial charge in [-0.15, -0.1) is 11.3 Å². The summed E-state index contributed by atoms with van der Waals surface area (Å²) in [5.41, 5.74) is 5.20. The van der Waals surface area contributed by atoms with E-state index < -0.39 is 11.4 Å². The van der Waals surface area contributed by atoms with E-state index in [1.807, 2.05) is 4.90 Å². The van der Waals surface area contributed by atoms with Gasteiger partial charge in [0.1, 0.15) is 11.4 Å². The van der Waals surface area contributed by atoms with Gasteiger partial charge in [-0.05, 0) is 6.42 Å². The fourth-order valence-electron chi connectivity index (χ4n) is 2.86. The monoisotopic (exact) mass is 358 g/mol. The van der Waals surface area contributed by atoms with Crippen LogP contribution in [-0.4, -0.2) is 49.7 Å². The van der Waals surface area contributed by atoms with Gasteiger partial charge in [-0.2, -0.15) is 0 Å². The summed E-state index contributed by atoms with van der Waals surface area (Å²) in [4.78, 5) is 38.8. The molecule has 25 heavy (non-hydrogen) atoms. The number of nitrogens with two attached hydrogens (primary N) is 1. The van der Waals surface area contributed by atoms with E-state index in [-0.39, 0.29) is 22.8 Å². The molecule has 0 spiro atoms. The molecular weight excluding hydrogens is 344 g/mol. The minimum Gasteiger partial charge on any atom is -0.477 e. The Morgan fingerprint density at radius 3 is 2.88 bits per heavy atom. The summed E-state index contributed by atoms with van der Waals surface area (Å²) in [7, 11) is 0. The molecule has 128 valence electrons. The molecule has 1 atom stereocenters. The third-order valence-corrected chi connectivity index (χ3v) is 4.86. The van der Waals surface area contributed by atoms with E-state index >= 15 is 0 Å². The van der Waals surface area contributed by atoms with Crippen molar-refractivity contribution in [2.75, 3.05) is 18.0 Å². The molecule has 0 unspecified atom stereocenters. The number of nitrogens with zero attached hydrogens (tertiary/aromatic N) is 5. The van der Waals surface area contributed by atoms with Gasteiger partial charge >= 0.3 is 5.97 Å². The van der Waals surface area contributed by atoms with Gasteiger partial charge in [0.05, 0.1) is 6.20 Å². The van der Waals surface area contributed by atoms with Crippen molar-refractivity contribution < 1.29 is 9.90 Å². The highest BCUT2D eigenvalue weighted by Gasteiger charge is 2.23. The van der Waals surface area contributed by atoms with Crippen molar-refractivity contribution in [1.82, 2.24) is 19.5 Å². The lowest BCUT2D eigenvalue weighted by Crippen LogP contribution is -2.27. The molecule has 9 nitrogen and oxygen atoms in total. The number of aromatic nitrogens is 4. The summed E-state index contributed by atoms with van der Waals surface area (Å²) in [6, 6.07) is 0.0769. The molecule has 4 heterocycles. The molecule has 3 N–H and O–H groups in total. The summed E-state index contributed by atoms with van der Waals surface area (Å²) in [6.45, 7) is 1.42. The van der Waals surface area contributed by atoms with Crippen LogP contribution in [0.25, 0.3) is 16.3 Å². The number of hydrogen-bond acceptors (Lipinski definition) is 8. The minimum absolute atomic E-state index is 0.00217. The fourth-order valence-corrected chi connectivity index (χ4v) is 3.47. The third-order valence-electron chi connectivity index (χ3n) is 4.09. The van der Waals surface area contributed by atoms with Gasteiger partial charge in [-0.3, -0.25) is 9.36 Å². The largest absolute Gasteiger partial charge is 0.477 e. The molecule has 3 aromatic heterocycles. The molecule has 10 heteroatoms. The lowest BCUT2D eigenvalue weighted by atomic mass is 10.2. The number of anilines is 1. The zero-order valence-electron chi connectivity index (χ0n) is 13.0. The molecular formula is C15H14N6O3S. The van der Waals surface area contributed by atoms with Crippen LogP contribution in [-0.2, 0) is 0 Å². The smallest absolute Gasteiger partial charge is 0.341 e. The number of pyridine rings is 1. The Morgan fingerprint density at radius 2 is 2.24 bits per heavy atom. The van der Waals surface area contributed by atoms with Crippen molar-refractivity contribution in [3.05, 3.63) is 39.8 Å². The number of carbonyl (C=O) groups is 1. The highest BCUT2D eigenvalue weighted by Crippen LogP contribution is 2.21. The van der Waals surface area contributed by atoms with E-state index in [9.17, 15) is 14.7 Å². The fraction of sp³-hybridized carbons (Fsp3) is 0.267. The molecule has 0 amide bonds. The molecule has 0 bridgehead atoms. The van der Waals surface area contributed by atoms with Crippen LogP contribution in [0.15, 0.2) is 28.8 Å². The van der Waals surface area contributed by atoms with Gasteiger partial charge in [0, 0.05) is 36.9 Å². The maximum absolute atomic E-state index is 12.4. The molecule has 1 saturated heterocycles. The van der Waals surface area contributed by atoms with Gasteiger partial charge in [0.2, 0.25) is 5.43 Å². The molecule has 3 aromatic rings. The molecule has 4 rings (SSSR count). The maximum atomic E-state index is 12.4. The Kier molecular flexibility index (Phi) is 3.70. The zero-order valence-corrected chi connectivity index (χ0v) is 13.8. The van der Waals surface area contributed by atoms with Crippen LogP contribution in [0.2, 0.25) is 0 Å². The van der Waals surface area contributed by atoms with E-state index in [4.69, 9.17) is 5.73 Å². The first kappa shape index (κ1) is 15.7. The van der Waals surface area contributed by atoms with Crippen LogP contribution < -0.4 is 16.1 Å². The quantitative estimate of drug-likeness (QED) is 0.692. The van der Waals surface area contributed by atoms with Gasteiger partial charge < -0.3 is 15.7 Å². The summed E-state index contributed by atoms with van der Waals surface area (Å²) >= 11 is 1.31. The van der Waals surface area contributed by atoms with Crippen molar-refractivity contribution in [3.8, 4) is 5.13 Å². The number of aromatic carboxylic acids is 1. The average molecular weight is 358 g/mol. The highest BCUT2D eigenvalue weighted by atomic mass is 32.1. The zero-order chi connectivity index (χ0) is 17.6. The number of fused-ring (bicyclic) bond motifs is 1. The van der Waals surface area contributed by atoms with Crippen molar-refractivity contribution in [3.63, 3.8) is 0 Å². The van der Waals surface area contributed by atoms with Crippen LogP contribution in [0.3, 0.4) is 0 Å². The van der Waals surface area contributed by atoms with Crippen LogP contribution in [0.4, 0.5) is 5.82 Å². The van der Waals surface area contributed by atoms with Gasteiger partial charge in [-0.25, -0.2) is 19.7 Å². The molecule has 1 aliphatic rings. The summed E-state index contributed by atoms with van der Waals surface area (Å²) in [6.07, 6.45) is 5.19. The van der Waals surface area contributed by atoms with E-state index in [1.165, 1.54) is 28.3 Å². The Labute approximate surface area is 145 Å². The average Bonchev–Trinajstić information content (AvgIpc) is 3.26. The lowest BCUT2D eigenvalue weighted by Gasteiger charge is -2.17. The first-order valence-corrected chi connectivity index (χ1v) is 8.48. The number of hydrogen-bond donors (Lipinski definition) is 2. The van der Waals surface area contributed by atoms with E-state index in [0.29, 0.717) is 17.5 Å².